The second-order valence-corrected chi connectivity index (χ2v) is 6.72. The minimum absolute atomic E-state index is 0.0517. The van der Waals surface area contributed by atoms with E-state index in [1.807, 2.05) is 0 Å². The third kappa shape index (κ3) is 3.77. The fourth-order valence-electron chi connectivity index (χ4n) is 2.25. The van der Waals surface area contributed by atoms with Crippen LogP contribution in [0.3, 0.4) is 0 Å². The number of nitrogens with zero attached hydrogens (tertiary/aromatic N) is 2. The van der Waals surface area contributed by atoms with Crippen molar-refractivity contribution in [3.63, 3.8) is 0 Å². The van der Waals surface area contributed by atoms with Crippen molar-refractivity contribution in [1.29, 1.82) is 0 Å². The second kappa shape index (κ2) is 7.31. The molecule has 3 heterocycles. The Hall–Kier alpha value is -0.930. The molecule has 124 valence electrons. The first kappa shape index (κ1) is 16.9. The summed E-state index contributed by atoms with van der Waals surface area (Å²) in [5.74, 6) is -0.249. The number of thioether (sulfide) groups is 1. The highest BCUT2D eigenvalue weighted by molar-refractivity contribution is 7.99. The van der Waals surface area contributed by atoms with Crippen LogP contribution in [0.25, 0.3) is 10.9 Å². The van der Waals surface area contributed by atoms with Gasteiger partial charge in [-0.2, -0.15) is 0 Å². The van der Waals surface area contributed by atoms with Crippen LogP contribution in [-0.4, -0.2) is 46.5 Å². The zero-order chi connectivity index (χ0) is 16.4. The molecule has 23 heavy (non-hydrogen) atoms. The molecule has 10 heteroatoms. The van der Waals surface area contributed by atoms with Gasteiger partial charge >= 0.3 is 0 Å². The number of fused-ring (bicyclic) bond motifs is 1. The van der Waals surface area contributed by atoms with Gasteiger partial charge in [0.2, 0.25) is 5.28 Å². The third-order valence-corrected chi connectivity index (χ3v) is 4.90. The molecule has 1 aliphatic heterocycles. The lowest BCUT2D eigenvalue weighted by Gasteiger charge is -2.15. The summed E-state index contributed by atoms with van der Waals surface area (Å²) >= 11 is 12.8. The summed E-state index contributed by atoms with van der Waals surface area (Å²) in [5.41, 5.74) is -0.720. The monoisotopic (exact) mass is 378 g/mol. The van der Waals surface area contributed by atoms with Crippen LogP contribution in [0, 0.1) is 5.82 Å². The molecule has 0 unspecified atom stereocenters. The average Bonchev–Trinajstić information content (AvgIpc) is 2.78. The van der Waals surface area contributed by atoms with Gasteiger partial charge in [-0.1, -0.05) is 11.6 Å². The molecular weight excluding hydrogens is 366 g/mol. The minimum atomic E-state index is -0.852. The lowest BCUT2D eigenvalue weighted by Crippen LogP contribution is -2.34. The van der Waals surface area contributed by atoms with Crippen molar-refractivity contribution in [1.82, 2.24) is 20.3 Å². The molecule has 2 aromatic heterocycles. The first-order chi connectivity index (χ1) is 11.1. The first-order valence-corrected chi connectivity index (χ1v) is 8.69. The maximum Gasteiger partial charge on any atom is 0.262 e. The summed E-state index contributed by atoms with van der Waals surface area (Å²) in [6.45, 7) is 2.15. The van der Waals surface area contributed by atoms with Gasteiger partial charge in [0.25, 0.3) is 5.56 Å². The van der Waals surface area contributed by atoms with Gasteiger partial charge in [-0.3, -0.25) is 9.78 Å². The number of aromatic nitrogens is 3. The van der Waals surface area contributed by atoms with Crippen LogP contribution in [0.1, 0.15) is 6.42 Å². The lowest BCUT2D eigenvalue weighted by atomic mass is 10.3. The molecule has 1 aliphatic rings. The van der Waals surface area contributed by atoms with Crippen molar-refractivity contribution in [2.45, 2.75) is 17.5 Å². The van der Waals surface area contributed by atoms with E-state index in [2.05, 4.69) is 20.3 Å². The van der Waals surface area contributed by atoms with Gasteiger partial charge < -0.3 is 10.1 Å². The number of halogens is 3. The summed E-state index contributed by atoms with van der Waals surface area (Å²) in [6.07, 6.45) is 0.951. The molecule has 0 bridgehead atoms. The zero-order valence-electron chi connectivity index (χ0n) is 11.9. The molecule has 1 fully saturated rings. The van der Waals surface area contributed by atoms with Crippen LogP contribution in [0.5, 0.6) is 0 Å². The van der Waals surface area contributed by atoms with E-state index >= 15 is 0 Å². The van der Waals surface area contributed by atoms with Crippen LogP contribution in [-0.2, 0) is 4.74 Å². The number of ether oxygens (including phenoxy) is 1. The number of H-pyrrole nitrogens is 1. The Labute approximate surface area is 145 Å². The molecule has 0 aliphatic carbocycles. The van der Waals surface area contributed by atoms with Gasteiger partial charge in [-0.15, -0.1) is 11.8 Å². The maximum atomic E-state index is 14.1. The van der Waals surface area contributed by atoms with Crippen LogP contribution in [0.15, 0.2) is 9.82 Å². The first-order valence-electron chi connectivity index (χ1n) is 6.94. The third-order valence-electron chi connectivity index (χ3n) is 3.33. The molecule has 3 rings (SSSR count). The number of aromatic amines is 1. The standard InChI is InChI=1S/C13H13Cl2FN4O2S/c14-10-8(16)9-7(11(21)20-13(15)18-9)12(19-10)23-5-6-4-22-3-1-2-17-6/h6,17H,1-5H2,(H,18,20,21)/t6-/m0/s1. The molecule has 0 saturated carbocycles. The highest BCUT2D eigenvalue weighted by atomic mass is 35.5. The van der Waals surface area contributed by atoms with Gasteiger partial charge in [-0.25, -0.2) is 14.4 Å². The highest BCUT2D eigenvalue weighted by Crippen LogP contribution is 2.29. The van der Waals surface area contributed by atoms with E-state index in [1.165, 1.54) is 11.8 Å². The molecule has 6 nitrogen and oxygen atoms in total. The molecule has 0 radical (unpaired) electrons. The predicted octanol–water partition coefficient (Wildman–Crippen LogP) is 2.23. The van der Waals surface area contributed by atoms with E-state index in [0.29, 0.717) is 17.4 Å². The number of rotatable bonds is 3. The number of pyridine rings is 1. The van der Waals surface area contributed by atoms with Gasteiger partial charge in [0, 0.05) is 18.4 Å². The number of nitrogens with one attached hydrogen (secondary N) is 2. The van der Waals surface area contributed by atoms with Gasteiger partial charge in [0.1, 0.15) is 15.9 Å². The van der Waals surface area contributed by atoms with E-state index < -0.39 is 11.4 Å². The predicted molar refractivity (Wildman–Crippen MR) is 88.1 cm³/mol. The van der Waals surface area contributed by atoms with Crippen LogP contribution >= 0.6 is 35.0 Å². The summed E-state index contributed by atoms with van der Waals surface area (Å²) in [5, 5.41) is 3.19. The summed E-state index contributed by atoms with van der Waals surface area (Å²) in [7, 11) is 0. The average molecular weight is 379 g/mol. The molecule has 2 N–H and O–H groups in total. The van der Waals surface area contributed by atoms with Crippen LogP contribution in [0.2, 0.25) is 10.4 Å². The van der Waals surface area contributed by atoms with Gasteiger partial charge in [-0.05, 0) is 24.6 Å². The Kier molecular flexibility index (Phi) is 5.38. The largest absolute Gasteiger partial charge is 0.380 e. The summed E-state index contributed by atoms with van der Waals surface area (Å²) in [4.78, 5) is 22.3. The molecule has 0 aromatic carbocycles. The number of hydrogen-bond acceptors (Lipinski definition) is 6. The van der Waals surface area contributed by atoms with E-state index in [0.717, 1.165) is 19.6 Å². The molecule has 1 saturated heterocycles. The lowest BCUT2D eigenvalue weighted by molar-refractivity contribution is 0.136. The fraction of sp³-hybridized carbons (Fsp3) is 0.462. The topological polar surface area (TPSA) is 79.9 Å². The van der Waals surface area contributed by atoms with Crippen LogP contribution in [0.4, 0.5) is 4.39 Å². The van der Waals surface area contributed by atoms with Gasteiger partial charge in [0.05, 0.1) is 6.61 Å². The normalized spacial score (nSPS) is 19.0. The van der Waals surface area contributed by atoms with E-state index in [9.17, 15) is 9.18 Å². The van der Waals surface area contributed by atoms with Crippen molar-refractivity contribution in [2.75, 3.05) is 25.5 Å². The Morgan fingerprint density at radius 2 is 2.22 bits per heavy atom. The Bertz CT molecular complexity index is 781. The van der Waals surface area contributed by atoms with Crippen molar-refractivity contribution in [2.24, 2.45) is 0 Å². The SMILES string of the molecule is O=c1[nH]c(Cl)nc2c(F)c(Cl)nc(SC[C@@H]3COCCCN3)c12. The zero-order valence-corrected chi connectivity index (χ0v) is 14.2. The molecule has 1 atom stereocenters. The summed E-state index contributed by atoms with van der Waals surface area (Å²) in [6, 6.07) is 0.113. The Morgan fingerprint density at radius 1 is 1.39 bits per heavy atom. The Morgan fingerprint density at radius 3 is 3.04 bits per heavy atom. The Balaban J connectivity index is 1.94. The number of hydrogen-bond donors (Lipinski definition) is 2. The highest BCUT2D eigenvalue weighted by Gasteiger charge is 2.20. The molecule has 0 amide bonds. The smallest absolute Gasteiger partial charge is 0.262 e. The van der Waals surface area contributed by atoms with Crippen molar-refractivity contribution < 1.29 is 9.13 Å². The van der Waals surface area contributed by atoms with E-state index in [4.69, 9.17) is 27.9 Å². The van der Waals surface area contributed by atoms with Crippen LogP contribution < -0.4 is 10.9 Å². The molecule has 2 aromatic rings. The maximum absolute atomic E-state index is 14.1. The summed E-state index contributed by atoms with van der Waals surface area (Å²) < 4.78 is 19.6. The van der Waals surface area contributed by atoms with Crippen molar-refractivity contribution >= 4 is 45.9 Å². The van der Waals surface area contributed by atoms with E-state index in [-0.39, 0.29) is 27.4 Å². The quantitative estimate of drug-likeness (QED) is 0.484. The van der Waals surface area contributed by atoms with Crippen molar-refractivity contribution in [3.05, 3.63) is 26.6 Å². The van der Waals surface area contributed by atoms with Gasteiger partial charge in [0.15, 0.2) is 11.0 Å². The molecular formula is C13H13Cl2FN4O2S. The fourth-order valence-corrected chi connectivity index (χ4v) is 3.71. The minimum Gasteiger partial charge on any atom is -0.380 e. The van der Waals surface area contributed by atoms with Crippen molar-refractivity contribution in [3.8, 4) is 0 Å². The molecule has 0 spiro atoms. The van der Waals surface area contributed by atoms with E-state index in [1.54, 1.807) is 0 Å². The second-order valence-electron chi connectivity index (χ2n) is 4.99.